The molecule has 0 saturated carbocycles. The summed E-state index contributed by atoms with van der Waals surface area (Å²) in [5, 5.41) is 10.8. The van der Waals surface area contributed by atoms with Crippen LogP contribution >= 0.6 is 0 Å². The Morgan fingerprint density at radius 1 is 1.50 bits per heavy atom. The van der Waals surface area contributed by atoms with Gasteiger partial charge in [0.1, 0.15) is 19.2 Å². The normalized spacial score (nSPS) is 8.30. The molecule has 5 heteroatoms. The molecule has 5 nitrogen and oxygen atoms in total. The van der Waals surface area contributed by atoms with Crippen molar-refractivity contribution in [2.45, 2.75) is 0 Å². The van der Waals surface area contributed by atoms with E-state index in [0.29, 0.717) is 5.95 Å². The van der Waals surface area contributed by atoms with Gasteiger partial charge in [0.2, 0.25) is 5.95 Å². The lowest BCUT2D eigenvalue weighted by Gasteiger charge is -1.94. The van der Waals surface area contributed by atoms with E-state index >= 15 is 0 Å². The van der Waals surface area contributed by atoms with Crippen molar-refractivity contribution >= 4 is 5.95 Å². The van der Waals surface area contributed by atoms with Crippen LogP contribution in [0.4, 0.5) is 5.95 Å². The zero-order valence-corrected chi connectivity index (χ0v) is 5.15. The maximum absolute atomic E-state index is 8.14. The lowest BCUT2D eigenvalue weighted by molar-refractivity contribution is 1.03. The van der Waals surface area contributed by atoms with Gasteiger partial charge in [0.25, 0.3) is 0 Å². The maximum atomic E-state index is 8.14. The van der Waals surface area contributed by atoms with E-state index in [1.165, 1.54) is 12.7 Å². The third-order valence-electron chi connectivity index (χ3n) is 0.819. The van der Waals surface area contributed by atoms with Crippen molar-refractivity contribution in [1.29, 1.82) is 5.26 Å². The van der Waals surface area contributed by atoms with Crippen molar-refractivity contribution in [1.82, 2.24) is 15.0 Å². The van der Waals surface area contributed by atoms with E-state index in [9.17, 15) is 0 Å². The SMILES string of the molecule is N#CCNc1ncncn1. The van der Waals surface area contributed by atoms with Crippen LogP contribution in [-0.2, 0) is 0 Å². The van der Waals surface area contributed by atoms with Gasteiger partial charge in [-0.3, -0.25) is 0 Å². The molecule has 0 aliphatic carbocycles. The zero-order valence-electron chi connectivity index (χ0n) is 5.15. The summed E-state index contributed by atoms with van der Waals surface area (Å²) in [5.41, 5.74) is 0. The molecule has 0 amide bonds. The molecule has 1 heterocycles. The summed E-state index contributed by atoms with van der Waals surface area (Å²) >= 11 is 0. The maximum Gasteiger partial charge on any atom is 0.226 e. The van der Waals surface area contributed by atoms with Crippen molar-refractivity contribution in [2.24, 2.45) is 0 Å². The highest BCUT2D eigenvalue weighted by molar-refractivity contribution is 5.22. The second kappa shape index (κ2) is 3.35. The van der Waals surface area contributed by atoms with Gasteiger partial charge in [0.15, 0.2) is 0 Å². The lowest BCUT2D eigenvalue weighted by atomic mass is 10.7. The molecular weight excluding hydrogens is 130 g/mol. The summed E-state index contributed by atoms with van der Waals surface area (Å²) in [6, 6.07) is 1.90. The first-order valence-corrected chi connectivity index (χ1v) is 2.66. The minimum Gasteiger partial charge on any atom is -0.341 e. The molecule has 0 aromatic carbocycles. The minimum absolute atomic E-state index is 0.212. The molecule has 1 N–H and O–H groups in total. The molecule has 0 spiro atoms. The molecule has 0 fully saturated rings. The molecule has 0 unspecified atom stereocenters. The fourth-order valence-electron chi connectivity index (χ4n) is 0.449. The van der Waals surface area contributed by atoms with Crippen molar-refractivity contribution in [3.05, 3.63) is 12.7 Å². The average Bonchev–Trinajstić information content (AvgIpc) is 2.03. The van der Waals surface area contributed by atoms with Crippen LogP contribution in [0.1, 0.15) is 0 Å². The number of hydrogen-bond acceptors (Lipinski definition) is 5. The Balaban J connectivity index is 2.52. The highest BCUT2D eigenvalue weighted by atomic mass is 15.1. The highest BCUT2D eigenvalue weighted by Gasteiger charge is 1.88. The highest BCUT2D eigenvalue weighted by Crippen LogP contribution is 1.88. The quantitative estimate of drug-likeness (QED) is 0.569. The first-order valence-electron chi connectivity index (χ1n) is 2.66. The number of anilines is 1. The lowest BCUT2D eigenvalue weighted by Crippen LogP contribution is -2.02. The van der Waals surface area contributed by atoms with E-state index in [0.717, 1.165) is 0 Å². The van der Waals surface area contributed by atoms with E-state index in [2.05, 4.69) is 20.3 Å². The second-order valence-corrected chi connectivity index (χ2v) is 1.47. The van der Waals surface area contributed by atoms with Gasteiger partial charge >= 0.3 is 0 Å². The third kappa shape index (κ3) is 1.67. The minimum atomic E-state index is 0.212. The van der Waals surface area contributed by atoms with Crippen LogP contribution in [0.25, 0.3) is 0 Å². The molecule has 50 valence electrons. The Kier molecular flexibility index (Phi) is 2.15. The fraction of sp³-hybridized carbons (Fsp3) is 0.200. The Morgan fingerprint density at radius 3 is 2.80 bits per heavy atom. The van der Waals surface area contributed by atoms with Crippen molar-refractivity contribution in [3.8, 4) is 6.07 Å². The summed E-state index contributed by atoms with van der Waals surface area (Å²) in [5.74, 6) is 0.427. The fourth-order valence-corrected chi connectivity index (χ4v) is 0.449. The number of hydrogen-bond donors (Lipinski definition) is 1. The van der Waals surface area contributed by atoms with Gasteiger partial charge in [0, 0.05) is 0 Å². The predicted molar refractivity (Wildman–Crippen MR) is 33.9 cm³/mol. The van der Waals surface area contributed by atoms with Gasteiger partial charge in [-0.15, -0.1) is 0 Å². The third-order valence-corrected chi connectivity index (χ3v) is 0.819. The number of nitrogens with zero attached hydrogens (tertiary/aromatic N) is 4. The first-order chi connectivity index (χ1) is 4.93. The van der Waals surface area contributed by atoms with Crippen LogP contribution in [0.2, 0.25) is 0 Å². The molecule has 1 aromatic rings. The number of aromatic nitrogens is 3. The van der Waals surface area contributed by atoms with Crippen molar-refractivity contribution in [3.63, 3.8) is 0 Å². The Bertz CT molecular complexity index is 226. The largest absolute Gasteiger partial charge is 0.341 e. The smallest absolute Gasteiger partial charge is 0.226 e. The molecular formula is C5H5N5. The summed E-state index contributed by atoms with van der Waals surface area (Å²) in [6.45, 7) is 0.212. The molecule has 0 aliphatic rings. The van der Waals surface area contributed by atoms with E-state index in [-0.39, 0.29) is 6.54 Å². The van der Waals surface area contributed by atoms with Gasteiger partial charge < -0.3 is 5.32 Å². The summed E-state index contributed by atoms with van der Waals surface area (Å²) in [7, 11) is 0. The number of nitrogens with one attached hydrogen (secondary N) is 1. The van der Waals surface area contributed by atoms with E-state index in [1.54, 1.807) is 0 Å². The summed E-state index contributed by atoms with van der Waals surface area (Å²) in [4.78, 5) is 11.1. The topological polar surface area (TPSA) is 74.5 Å². The molecule has 0 radical (unpaired) electrons. The van der Waals surface area contributed by atoms with Crippen LogP contribution in [0.15, 0.2) is 12.7 Å². The van der Waals surface area contributed by atoms with E-state index in [1.807, 2.05) is 6.07 Å². The van der Waals surface area contributed by atoms with E-state index < -0.39 is 0 Å². The van der Waals surface area contributed by atoms with Crippen LogP contribution in [-0.4, -0.2) is 21.5 Å². The van der Waals surface area contributed by atoms with Gasteiger partial charge in [-0.05, 0) is 0 Å². The van der Waals surface area contributed by atoms with Crippen LogP contribution in [0, 0.1) is 11.3 Å². The first kappa shape index (κ1) is 6.42. The van der Waals surface area contributed by atoms with Gasteiger partial charge in [0.05, 0.1) is 6.07 Å². The Hall–Kier alpha value is -1.70. The molecule has 0 aliphatic heterocycles. The standard InChI is InChI=1S/C5H5N5/c6-1-2-8-5-9-3-7-4-10-5/h3-4H,2H2,(H,7,8,9,10). The summed E-state index contributed by atoms with van der Waals surface area (Å²) in [6.07, 6.45) is 2.74. The molecule has 10 heavy (non-hydrogen) atoms. The number of nitriles is 1. The molecule has 1 rings (SSSR count). The molecule has 0 atom stereocenters. The molecule has 0 bridgehead atoms. The second-order valence-electron chi connectivity index (χ2n) is 1.47. The monoisotopic (exact) mass is 135 g/mol. The molecule has 1 aromatic heterocycles. The van der Waals surface area contributed by atoms with Gasteiger partial charge in [-0.25, -0.2) is 15.0 Å². The van der Waals surface area contributed by atoms with Gasteiger partial charge in [-0.2, -0.15) is 5.26 Å². The van der Waals surface area contributed by atoms with E-state index in [4.69, 9.17) is 5.26 Å². The Labute approximate surface area is 57.8 Å². The predicted octanol–water partition coefficient (Wildman–Crippen LogP) is -0.193. The molecule has 0 saturated heterocycles. The van der Waals surface area contributed by atoms with Crippen molar-refractivity contribution in [2.75, 3.05) is 11.9 Å². The van der Waals surface area contributed by atoms with Crippen LogP contribution in [0.5, 0.6) is 0 Å². The number of rotatable bonds is 2. The van der Waals surface area contributed by atoms with Crippen LogP contribution < -0.4 is 5.32 Å². The Morgan fingerprint density at radius 2 is 2.20 bits per heavy atom. The van der Waals surface area contributed by atoms with Crippen molar-refractivity contribution < 1.29 is 0 Å². The van der Waals surface area contributed by atoms with Gasteiger partial charge in [-0.1, -0.05) is 0 Å². The zero-order chi connectivity index (χ0) is 7.23. The average molecular weight is 135 g/mol. The van der Waals surface area contributed by atoms with Crippen LogP contribution in [0.3, 0.4) is 0 Å². The summed E-state index contributed by atoms with van der Waals surface area (Å²) < 4.78 is 0.